The molecule has 1 saturated heterocycles. The van der Waals surface area contributed by atoms with E-state index >= 15 is 0 Å². The van der Waals surface area contributed by atoms with Gasteiger partial charge in [0, 0.05) is 46.3 Å². The first-order valence-corrected chi connectivity index (χ1v) is 6.21. The topological polar surface area (TPSA) is 91.5 Å². The van der Waals surface area contributed by atoms with Crippen LogP contribution in [-0.4, -0.2) is 37.4 Å². The van der Waals surface area contributed by atoms with E-state index < -0.39 is 5.60 Å². The maximum Gasteiger partial charge on any atom is 0.163 e. The van der Waals surface area contributed by atoms with Crippen molar-refractivity contribution in [3.05, 3.63) is 17.6 Å². The Bertz CT molecular complexity index is 421. The van der Waals surface area contributed by atoms with Gasteiger partial charge >= 0.3 is 0 Å². The second-order valence-corrected chi connectivity index (χ2v) is 4.46. The van der Waals surface area contributed by atoms with E-state index in [0.29, 0.717) is 31.5 Å². The molecule has 19 heavy (non-hydrogen) atoms. The smallest absolute Gasteiger partial charge is 0.163 e. The Labute approximate surface area is 112 Å². The number of nitrogens with one attached hydrogen (secondary N) is 1. The Morgan fingerprint density at radius 3 is 2.68 bits per heavy atom. The normalized spacial score (nSPS) is 18.3. The molecule has 1 aliphatic rings. The summed E-state index contributed by atoms with van der Waals surface area (Å²) in [6.07, 6.45) is 1.45. The third-order valence-corrected chi connectivity index (χ3v) is 3.32. The number of hydrazine groups is 1. The lowest BCUT2D eigenvalue weighted by Crippen LogP contribution is -2.37. The molecule has 3 N–H and O–H groups in total. The van der Waals surface area contributed by atoms with Gasteiger partial charge in [-0.1, -0.05) is 0 Å². The van der Waals surface area contributed by atoms with Crippen LogP contribution in [0, 0.1) is 0 Å². The summed E-state index contributed by atoms with van der Waals surface area (Å²) in [5, 5.41) is 0. The standard InChI is InChI=1S/C12H20N4O3/c1-17-8-9-7-10(16-13)15-11(14-9)12(18-2)3-5-19-6-4-12/h7H,3-6,8,13H2,1-2H3,(H,14,15,16). The Kier molecular flexibility index (Phi) is 4.65. The van der Waals surface area contributed by atoms with Crippen LogP contribution in [0.4, 0.5) is 5.82 Å². The SMILES string of the molecule is COCc1cc(NN)nc(C2(OC)CCOCC2)n1. The number of nitrogens with zero attached hydrogens (tertiary/aromatic N) is 2. The summed E-state index contributed by atoms with van der Waals surface area (Å²) in [4.78, 5) is 8.94. The van der Waals surface area contributed by atoms with Crippen LogP contribution in [0.3, 0.4) is 0 Å². The fourth-order valence-electron chi connectivity index (χ4n) is 2.22. The molecule has 1 aliphatic heterocycles. The second-order valence-electron chi connectivity index (χ2n) is 4.46. The first-order valence-electron chi connectivity index (χ1n) is 6.21. The van der Waals surface area contributed by atoms with Gasteiger partial charge < -0.3 is 19.6 Å². The molecule has 2 rings (SSSR count). The van der Waals surface area contributed by atoms with Crippen molar-refractivity contribution in [2.45, 2.75) is 25.0 Å². The summed E-state index contributed by atoms with van der Waals surface area (Å²) in [7, 11) is 3.30. The lowest BCUT2D eigenvalue weighted by molar-refractivity contribution is -0.100. The lowest BCUT2D eigenvalue weighted by Gasteiger charge is -2.34. The van der Waals surface area contributed by atoms with E-state index in [4.69, 9.17) is 20.1 Å². The summed E-state index contributed by atoms with van der Waals surface area (Å²) in [5.74, 6) is 6.63. The van der Waals surface area contributed by atoms with Crippen molar-refractivity contribution < 1.29 is 14.2 Å². The van der Waals surface area contributed by atoms with Crippen LogP contribution < -0.4 is 11.3 Å². The molecule has 0 amide bonds. The third-order valence-electron chi connectivity index (χ3n) is 3.32. The number of rotatable bonds is 5. The number of ether oxygens (including phenoxy) is 3. The number of hydrogen-bond donors (Lipinski definition) is 2. The molecule has 0 radical (unpaired) electrons. The van der Waals surface area contributed by atoms with Gasteiger partial charge in [0.05, 0.1) is 12.3 Å². The summed E-state index contributed by atoms with van der Waals surface area (Å²) in [6, 6.07) is 1.76. The molecule has 1 fully saturated rings. The second kappa shape index (κ2) is 6.25. The Balaban J connectivity index is 2.37. The molecule has 0 aromatic carbocycles. The van der Waals surface area contributed by atoms with E-state index in [1.54, 1.807) is 20.3 Å². The van der Waals surface area contributed by atoms with Crippen LogP contribution >= 0.6 is 0 Å². The number of anilines is 1. The Morgan fingerprint density at radius 2 is 2.11 bits per heavy atom. The van der Waals surface area contributed by atoms with E-state index in [1.807, 2.05) is 0 Å². The molecule has 0 atom stereocenters. The summed E-state index contributed by atoms with van der Waals surface area (Å²) >= 11 is 0. The molecule has 106 valence electrons. The summed E-state index contributed by atoms with van der Waals surface area (Å²) in [5.41, 5.74) is 2.81. The van der Waals surface area contributed by atoms with E-state index in [1.165, 1.54) is 0 Å². The molecule has 0 spiro atoms. The highest BCUT2D eigenvalue weighted by Gasteiger charge is 2.37. The number of hydrogen-bond acceptors (Lipinski definition) is 7. The van der Waals surface area contributed by atoms with Crippen molar-refractivity contribution in [2.24, 2.45) is 5.84 Å². The highest BCUT2D eigenvalue weighted by atomic mass is 16.5. The Hall–Kier alpha value is -1.28. The molecule has 0 saturated carbocycles. The van der Waals surface area contributed by atoms with Crippen LogP contribution in [0.25, 0.3) is 0 Å². The molecule has 7 nitrogen and oxygen atoms in total. The molecule has 0 bridgehead atoms. The van der Waals surface area contributed by atoms with Gasteiger partial charge in [0.2, 0.25) is 0 Å². The maximum absolute atomic E-state index is 5.68. The number of nitrogen functional groups attached to an aromatic ring is 1. The summed E-state index contributed by atoms with van der Waals surface area (Å²) < 4.78 is 16.2. The van der Waals surface area contributed by atoms with Crippen molar-refractivity contribution >= 4 is 5.82 Å². The highest BCUT2D eigenvalue weighted by Crippen LogP contribution is 2.33. The van der Waals surface area contributed by atoms with E-state index in [0.717, 1.165) is 18.5 Å². The van der Waals surface area contributed by atoms with Crippen molar-refractivity contribution in [3.8, 4) is 0 Å². The van der Waals surface area contributed by atoms with Crippen molar-refractivity contribution in [1.82, 2.24) is 9.97 Å². The first-order chi connectivity index (χ1) is 9.24. The highest BCUT2D eigenvalue weighted by molar-refractivity contribution is 5.35. The van der Waals surface area contributed by atoms with Crippen LogP contribution in [-0.2, 0) is 26.4 Å². The number of nitrogens with two attached hydrogens (primary N) is 1. The van der Waals surface area contributed by atoms with Crippen LogP contribution in [0.2, 0.25) is 0 Å². The third kappa shape index (κ3) is 3.01. The predicted octanol–water partition coefficient (Wildman–Crippen LogP) is 0.561. The summed E-state index contributed by atoms with van der Waals surface area (Å²) in [6.45, 7) is 1.68. The van der Waals surface area contributed by atoms with E-state index in [2.05, 4.69) is 15.4 Å². The quantitative estimate of drug-likeness (QED) is 0.595. The van der Waals surface area contributed by atoms with Gasteiger partial charge in [-0.2, -0.15) is 0 Å². The zero-order valence-electron chi connectivity index (χ0n) is 11.3. The van der Waals surface area contributed by atoms with Gasteiger partial charge in [-0.3, -0.25) is 0 Å². The van der Waals surface area contributed by atoms with Gasteiger partial charge in [-0.25, -0.2) is 15.8 Å². The van der Waals surface area contributed by atoms with Gasteiger partial charge in [0.15, 0.2) is 5.82 Å². The van der Waals surface area contributed by atoms with Crippen LogP contribution in [0.15, 0.2) is 6.07 Å². The minimum Gasteiger partial charge on any atom is -0.381 e. The molecule has 1 aromatic rings. The molecule has 0 unspecified atom stereocenters. The monoisotopic (exact) mass is 268 g/mol. The average molecular weight is 268 g/mol. The fraction of sp³-hybridized carbons (Fsp3) is 0.667. The Morgan fingerprint density at radius 1 is 1.37 bits per heavy atom. The van der Waals surface area contributed by atoms with E-state index in [-0.39, 0.29) is 0 Å². The minimum atomic E-state index is -0.506. The number of methoxy groups -OCH3 is 2. The molecule has 2 heterocycles. The maximum atomic E-state index is 5.68. The molecule has 7 heteroatoms. The lowest BCUT2D eigenvalue weighted by atomic mass is 9.93. The zero-order valence-corrected chi connectivity index (χ0v) is 11.3. The average Bonchev–Trinajstić information content (AvgIpc) is 2.48. The zero-order chi connectivity index (χ0) is 13.7. The van der Waals surface area contributed by atoms with Crippen LogP contribution in [0.1, 0.15) is 24.4 Å². The first kappa shape index (κ1) is 14.1. The fourth-order valence-corrected chi connectivity index (χ4v) is 2.22. The van der Waals surface area contributed by atoms with Gasteiger partial charge in [-0.05, 0) is 0 Å². The van der Waals surface area contributed by atoms with Crippen molar-refractivity contribution in [1.29, 1.82) is 0 Å². The van der Waals surface area contributed by atoms with Crippen molar-refractivity contribution in [2.75, 3.05) is 32.9 Å². The minimum absolute atomic E-state index is 0.403. The molecule has 1 aromatic heterocycles. The molecular weight excluding hydrogens is 248 g/mol. The van der Waals surface area contributed by atoms with Crippen LogP contribution in [0.5, 0.6) is 0 Å². The number of aromatic nitrogens is 2. The molecule has 0 aliphatic carbocycles. The van der Waals surface area contributed by atoms with Gasteiger partial charge in [0.1, 0.15) is 11.4 Å². The van der Waals surface area contributed by atoms with Gasteiger partial charge in [0.25, 0.3) is 0 Å². The largest absolute Gasteiger partial charge is 0.381 e. The van der Waals surface area contributed by atoms with Gasteiger partial charge in [-0.15, -0.1) is 0 Å². The predicted molar refractivity (Wildman–Crippen MR) is 69.3 cm³/mol. The van der Waals surface area contributed by atoms with E-state index in [9.17, 15) is 0 Å². The van der Waals surface area contributed by atoms with Crippen molar-refractivity contribution in [3.63, 3.8) is 0 Å². The molecular formula is C12H20N4O3.